The summed E-state index contributed by atoms with van der Waals surface area (Å²) < 4.78 is 0. The second kappa shape index (κ2) is 4.50. The fraction of sp³-hybridized carbons (Fsp3) is 0.300. The van der Waals surface area contributed by atoms with E-state index in [4.69, 9.17) is 10.8 Å². The van der Waals surface area contributed by atoms with Gasteiger partial charge in [0, 0.05) is 6.04 Å². The van der Waals surface area contributed by atoms with Crippen molar-refractivity contribution in [2.24, 2.45) is 0 Å². The highest BCUT2D eigenvalue weighted by Gasteiger charge is 2.07. The van der Waals surface area contributed by atoms with E-state index in [2.05, 4.69) is 5.32 Å². The third-order valence-electron chi connectivity index (χ3n) is 1.84. The molecule has 1 rings (SSSR count). The molecule has 0 fully saturated rings. The normalized spacial score (nSPS) is 12.1. The topological polar surface area (TPSA) is 75.3 Å². The number of nitrogens with one attached hydrogen (secondary N) is 1. The van der Waals surface area contributed by atoms with E-state index in [1.54, 1.807) is 13.0 Å². The van der Waals surface area contributed by atoms with Gasteiger partial charge in [-0.2, -0.15) is 0 Å². The van der Waals surface area contributed by atoms with E-state index >= 15 is 0 Å². The molecule has 1 unspecified atom stereocenters. The Balaban J connectivity index is 2.60. The molecule has 0 aliphatic rings. The average molecular weight is 194 g/mol. The molecule has 0 heterocycles. The van der Waals surface area contributed by atoms with Gasteiger partial charge in [0.2, 0.25) is 0 Å². The second-order valence-electron chi connectivity index (χ2n) is 3.23. The molecule has 0 amide bonds. The summed E-state index contributed by atoms with van der Waals surface area (Å²) in [6, 6.07) is 7.16. The molecule has 14 heavy (non-hydrogen) atoms. The van der Waals surface area contributed by atoms with E-state index < -0.39 is 5.97 Å². The molecule has 0 bridgehead atoms. The van der Waals surface area contributed by atoms with Crippen LogP contribution in [-0.4, -0.2) is 17.1 Å². The molecule has 0 aliphatic heterocycles. The predicted octanol–water partition coefficient (Wildman–Crippen LogP) is 1.54. The van der Waals surface area contributed by atoms with E-state index in [0.29, 0.717) is 5.69 Å². The Hall–Kier alpha value is -1.71. The lowest BCUT2D eigenvalue weighted by atomic mass is 10.2. The van der Waals surface area contributed by atoms with E-state index in [1.807, 2.05) is 18.2 Å². The maximum Gasteiger partial charge on any atom is 0.305 e. The number of aliphatic carboxylic acids is 1. The first-order valence-electron chi connectivity index (χ1n) is 4.42. The van der Waals surface area contributed by atoms with Crippen LogP contribution in [0.5, 0.6) is 0 Å². The van der Waals surface area contributed by atoms with Gasteiger partial charge in [-0.3, -0.25) is 4.79 Å². The molecule has 1 atom stereocenters. The van der Waals surface area contributed by atoms with E-state index in [9.17, 15) is 4.79 Å². The number of hydrogen-bond acceptors (Lipinski definition) is 3. The number of para-hydroxylation sites is 2. The lowest BCUT2D eigenvalue weighted by Gasteiger charge is -2.14. The summed E-state index contributed by atoms with van der Waals surface area (Å²) in [5.74, 6) is -0.820. The number of rotatable bonds is 4. The third kappa shape index (κ3) is 2.97. The Morgan fingerprint density at radius 1 is 1.57 bits per heavy atom. The van der Waals surface area contributed by atoms with Crippen molar-refractivity contribution in [1.29, 1.82) is 0 Å². The summed E-state index contributed by atoms with van der Waals surface area (Å²) in [6.45, 7) is 1.81. The molecule has 1 aromatic rings. The van der Waals surface area contributed by atoms with Crippen LogP contribution >= 0.6 is 0 Å². The zero-order valence-corrected chi connectivity index (χ0v) is 8.03. The maximum atomic E-state index is 10.4. The molecule has 0 saturated carbocycles. The molecule has 0 spiro atoms. The van der Waals surface area contributed by atoms with Gasteiger partial charge in [-0.15, -0.1) is 0 Å². The molecule has 0 aliphatic carbocycles. The summed E-state index contributed by atoms with van der Waals surface area (Å²) in [5, 5.41) is 11.6. The highest BCUT2D eigenvalue weighted by molar-refractivity contribution is 5.70. The first kappa shape index (κ1) is 10.4. The molecular weight excluding hydrogens is 180 g/mol. The number of benzene rings is 1. The molecule has 4 N–H and O–H groups in total. The van der Waals surface area contributed by atoms with Gasteiger partial charge in [-0.05, 0) is 19.1 Å². The van der Waals surface area contributed by atoms with Crippen molar-refractivity contribution in [2.45, 2.75) is 19.4 Å². The van der Waals surface area contributed by atoms with Gasteiger partial charge < -0.3 is 16.2 Å². The van der Waals surface area contributed by atoms with Gasteiger partial charge in [0.05, 0.1) is 17.8 Å². The smallest absolute Gasteiger partial charge is 0.305 e. The molecule has 4 nitrogen and oxygen atoms in total. The van der Waals surface area contributed by atoms with Gasteiger partial charge in [0.15, 0.2) is 0 Å². The van der Waals surface area contributed by atoms with Crippen molar-refractivity contribution < 1.29 is 9.90 Å². The third-order valence-corrected chi connectivity index (χ3v) is 1.84. The van der Waals surface area contributed by atoms with Crippen molar-refractivity contribution in [3.8, 4) is 0 Å². The van der Waals surface area contributed by atoms with Gasteiger partial charge in [0.1, 0.15) is 0 Å². The van der Waals surface area contributed by atoms with Crippen molar-refractivity contribution in [3.05, 3.63) is 24.3 Å². The lowest BCUT2D eigenvalue weighted by molar-refractivity contribution is -0.137. The van der Waals surface area contributed by atoms with Crippen molar-refractivity contribution in [2.75, 3.05) is 11.1 Å². The Bertz CT molecular complexity index is 326. The molecule has 0 saturated heterocycles. The minimum absolute atomic E-state index is 0.0777. The number of nitrogens with two attached hydrogens (primary N) is 1. The Labute approximate surface area is 82.7 Å². The number of carboxylic acids is 1. The van der Waals surface area contributed by atoms with Crippen LogP contribution in [0.4, 0.5) is 11.4 Å². The Morgan fingerprint density at radius 2 is 2.21 bits per heavy atom. The fourth-order valence-electron chi connectivity index (χ4n) is 1.21. The monoisotopic (exact) mass is 194 g/mol. The van der Waals surface area contributed by atoms with Crippen LogP contribution in [0.2, 0.25) is 0 Å². The van der Waals surface area contributed by atoms with Gasteiger partial charge >= 0.3 is 5.97 Å². The van der Waals surface area contributed by atoms with Crippen molar-refractivity contribution in [3.63, 3.8) is 0 Å². The van der Waals surface area contributed by atoms with Crippen LogP contribution in [0.15, 0.2) is 24.3 Å². The van der Waals surface area contributed by atoms with E-state index in [0.717, 1.165) is 5.69 Å². The molecule has 76 valence electrons. The number of hydrogen-bond donors (Lipinski definition) is 3. The SMILES string of the molecule is CC(CC(=O)O)Nc1ccccc1N. The highest BCUT2D eigenvalue weighted by atomic mass is 16.4. The van der Waals surface area contributed by atoms with Gasteiger partial charge in [0.25, 0.3) is 0 Å². The highest BCUT2D eigenvalue weighted by Crippen LogP contribution is 2.18. The zero-order chi connectivity index (χ0) is 10.6. The Kier molecular flexibility index (Phi) is 3.34. The van der Waals surface area contributed by atoms with E-state index in [-0.39, 0.29) is 12.5 Å². The van der Waals surface area contributed by atoms with Crippen LogP contribution in [0.25, 0.3) is 0 Å². The van der Waals surface area contributed by atoms with Crippen LogP contribution in [-0.2, 0) is 4.79 Å². The molecule has 0 aromatic heterocycles. The van der Waals surface area contributed by atoms with Crippen LogP contribution in [0.3, 0.4) is 0 Å². The fourth-order valence-corrected chi connectivity index (χ4v) is 1.21. The van der Waals surface area contributed by atoms with Crippen LogP contribution < -0.4 is 11.1 Å². The minimum Gasteiger partial charge on any atom is -0.481 e. The summed E-state index contributed by atoms with van der Waals surface area (Å²) in [5.41, 5.74) is 7.10. The standard InChI is InChI=1S/C10H14N2O2/c1-7(6-10(13)14)12-9-5-3-2-4-8(9)11/h2-5,7,12H,6,11H2,1H3,(H,13,14). The number of anilines is 2. The molecule has 4 heteroatoms. The average Bonchev–Trinajstić information content (AvgIpc) is 2.07. The van der Waals surface area contributed by atoms with Crippen molar-refractivity contribution in [1.82, 2.24) is 0 Å². The summed E-state index contributed by atoms with van der Waals surface area (Å²) in [7, 11) is 0. The van der Waals surface area contributed by atoms with Crippen LogP contribution in [0, 0.1) is 0 Å². The predicted molar refractivity (Wildman–Crippen MR) is 56.2 cm³/mol. The number of carboxylic acid groups (broad SMARTS) is 1. The first-order chi connectivity index (χ1) is 6.59. The minimum atomic E-state index is -0.820. The maximum absolute atomic E-state index is 10.4. The largest absolute Gasteiger partial charge is 0.481 e. The lowest BCUT2D eigenvalue weighted by Crippen LogP contribution is -2.19. The number of nitrogen functional groups attached to an aromatic ring is 1. The summed E-state index contributed by atoms with van der Waals surface area (Å²) >= 11 is 0. The van der Waals surface area contributed by atoms with Gasteiger partial charge in [-0.25, -0.2) is 0 Å². The first-order valence-corrected chi connectivity index (χ1v) is 4.42. The van der Waals surface area contributed by atoms with Crippen LogP contribution in [0.1, 0.15) is 13.3 Å². The molecular formula is C10H14N2O2. The van der Waals surface area contributed by atoms with Crippen molar-refractivity contribution >= 4 is 17.3 Å². The quantitative estimate of drug-likeness (QED) is 0.635. The molecule has 1 aromatic carbocycles. The Morgan fingerprint density at radius 3 is 2.79 bits per heavy atom. The zero-order valence-electron chi connectivity index (χ0n) is 8.03. The second-order valence-corrected chi connectivity index (χ2v) is 3.23. The summed E-state index contributed by atoms with van der Waals surface area (Å²) in [6.07, 6.45) is 0.0777. The number of carbonyl (C=O) groups is 1. The molecule has 0 radical (unpaired) electrons. The summed E-state index contributed by atoms with van der Waals surface area (Å²) in [4.78, 5) is 10.4. The van der Waals surface area contributed by atoms with Gasteiger partial charge in [-0.1, -0.05) is 12.1 Å². The van der Waals surface area contributed by atoms with E-state index in [1.165, 1.54) is 0 Å².